The molecule has 1 aliphatic carbocycles. The van der Waals surface area contributed by atoms with Crippen LogP contribution >= 0.6 is 0 Å². The molecule has 2 heterocycles. The second-order valence-electron chi connectivity index (χ2n) is 8.92. The molecule has 2 fully saturated rings. The van der Waals surface area contributed by atoms with Gasteiger partial charge in [0.1, 0.15) is 5.75 Å². The highest BCUT2D eigenvalue weighted by atomic mass is 16.5. The summed E-state index contributed by atoms with van der Waals surface area (Å²) in [5.74, 6) is 0.838. The van der Waals surface area contributed by atoms with Gasteiger partial charge in [-0.25, -0.2) is 0 Å². The highest BCUT2D eigenvalue weighted by Crippen LogP contribution is 2.37. The predicted octanol–water partition coefficient (Wildman–Crippen LogP) is 4.31. The van der Waals surface area contributed by atoms with Crippen molar-refractivity contribution in [1.82, 2.24) is 14.8 Å². The van der Waals surface area contributed by atoms with Crippen LogP contribution in [0.3, 0.4) is 0 Å². The zero-order valence-corrected chi connectivity index (χ0v) is 19.1. The van der Waals surface area contributed by atoms with E-state index in [1.165, 1.54) is 32.1 Å². The fraction of sp³-hybridized carbons (Fsp3) is 0.640. The lowest BCUT2D eigenvalue weighted by molar-refractivity contribution is 0.0372. The topological polar surface area (TPSA) is 55.7 Å². The summed E-state index contributed by atoms with van der Waals surface area (Å²) in [5.41, 5.74) is 3.05. The number of nitrogens with one attached hydrogen (secondary N) is 1. The lowest BCUT2D eigenvalue weighted by atomic mass is 9.95. The van der Waals surface area contributed by atoms with Crippen molar-refractivity contribution in [1.29, 1.82) is 0 Å². The number of amides is 1. The molecule has 1 aromatic heterocycles. The number of rotatable bonds is 8. The first kappa shape index (κ1) is 22.2. The van der Waals surface area contributed by atoms with E-state index < -0.39 is 0 Å². The number of morpholine rings is 1. The van der Waals surface area contributed by atoms with E-state index in [1.54, 1.807) is 7.11 Å². The Kier molecular flexibility index (Phi) is 7.51. The number of benzene rings is 1. The molecule has 31 heavy (non-hydrogen) atoms. The van der Waals surface area contributed by atoms with Gasteiger partial charge in [0, 0.05) is 42.3 Å². The van der Waals surface area contributed by atoms with Crippen LogP contribution in [0.2, 0.25) is 0 Å². The molecule has 0 unspecified atom stereocenters. The Balaban J connectivity index is 1.46. The third-order valence-corrected chi connectivity index (χ3v) is 6.91. The number of carbonyl (C=O) groups excluding carboxylic acids is 1. The maximum absolute atomic E-state index is 13.2. The molecule has 1 amide bonds. The van der Waals surface area contributed by atoms with Gasteiger partial charge in [-0.2, -0.15) is 0 Å². The van der Waals surface area contributed by atoms with Crippen LogP contribution in [-0.4, -0.2) is 61.9 Å². The van der Waals surface area contributed by atoms with Crippen molar-refractivity contribution in [3.63, 3.8) is 0 Å². The fourth-order valence-corrected chi connectivity index (χ4v) is 5.22. The highest BCUT2D eigenvalue weighted by Gasteiger charge is 2.25. The molecule has 1 aliphatic heterocycles. The molecule has 6 nitrogen and oxygen atoms in total. The predicted molar refractivity (Wildman–Crippen MR) is 124 cm³/mol. The maximum atomic E-state index is 13.2. The molecule has 0 atom stereocenters. The van der Waals surface area contributed by atoms with Gasteiger partial charge >= 0.3 is 0 Å². The summed E-state index contributed by atoms with van der Waals surface area (Å²) in [7, 11) is 1.68. The molecule has 1 saturated heterocycles. The number of hydrogen-bond acceptors (Lipinski definition) is 4. The molecule has 0 bridgehead atoms. The van der Waals surface area contributed by atoms with Gasteiger partial charge in [0.15, 0.2) is 0 Å². The fourth-order valence-electron chi connectivity index (χ4n) is 5.22. The second kappa shape index (κ2) is 10.5. The van der Waals surface area contributed by atoms with Crippen LogP contribution in [0.5, 0.6) is 5.75 Å². The number of aromatic nitrogens is 1. The summed E-state index contributed by atoms with van der Waals surface area (Å²) in [6.45, 7) is 7.62. The number of nitrogens with zero attached hydrogens (tertiary/aromatic N) is 2. The standard InChI is InChI=1S/C25H37N3O3/c1-19-24(25(29)26-12-6-7-13-27-14-16-31-17-15-27)22-18-21(30-2)10-11-23(22)28(19)20-8-4-3-5-9-20/h10-11,18,20H,3-9,12-17H2,1-2H3,(H,26,29). The number of unbranched alkanes of at least 4 members (excludes halogenated alkanes) is 1. The molecule has 170 valence electrons. The molecular weight excluding hydrogens is 390 g/mol. The zero-order chi connectivity index (χ0) is 21.6. The third-order valence-electron chi connectivity index (χ3n) is 6.91. The van der Waals surface area contributed by atoms with E-state index in [-0.39, 0.29) is 5.91 Å². The van der Waals surface area contributed by atoms with Crippen molar-refractivity contribution in [2.75, 3.05) is 46.5 Å². The third kappa shape index (κ3) is 5.07. The van der Waals surface area contributed by atoms with Crippen molar-refractivity contribution in [3.05, 3.63) is 29.5 Å². The first-order chi connectivity index (χ1) is 15.2. The summed E-state index contributed by atoms with van der Waals surface area (Å²) in [6, 6.07) is 6.64. The number of carbonyl (C=O) groups is 1. The first-order valence-corrected chi connectivity index (χ1v) is 12.0. The lowest BCUT2D eigenvalue weighted by Gasteiger charge is -2.26. The molecule has 2 aliphatic rings. The minimum Gasteiger partial charge on any atom is -0.497 e. The molecule has 1 N–H and O–H groups in total. The number of hydrogen-bond donors (Lipinski definition) is 1. The summed E-state index contributed by atoms with van der Waals surface area (Å²) in [5, 5.41) is 4.19. The van der Waals surface area contributed by atoms with E-state index in [1.807, 2.05) is 12.1 Å². The van der Waals surface area contributed by atoms with Crippen LogP contribution < -0.4 is 10.1 Å². The molecule has 2 aromatic rings. The largest absolute Gasteiger partial charge is 0.497 e. The average molecular weight is 428 g/mol. The minimum atomic E-state index is 0.0386. The van der Waals surface area contributed by atoms with E-state index in [4.69, 9.17) is 9.47 Å². The van der Waals surface area contributed by atoms with Gasteiger partial charge in [0.25, 0.3) is 5.91 Å². The average Bonchev–Trinajstić information content (AvgIpc) is 3.10. The maximum Gasteiger partial charge on any atom is 0.253 e. The Labute approximate surface area is 185 Å². The normalized spacial score (nSPS) is 18.4. The van der Waals surface area contributed by atoms with Gasteiger partial charge in [0.05, 0.1) is 25.9 Å². The number of ether oxygens (including phenoxy) is 2. The molecular formula is C25H37N3O3. The quantitative estimate of drug-likeness (QED) is 0.638. The van der Waals surface area contributed by atoms with E-state index in [0.29, 0.717) is 12.6 Å². The van der Waals surface area contributed by atoms with Crippen LogP contribution in [0, 0.1) is 6.92 Å². The summed E-state index contributed by atoms with van der Waals surface area (Å²) in [6.07, 6.45) is 8.33. The Morgan fingerprint density at radius 1 is 1.16 bits per heavy atom. The molecule has 1 aromatic carbocycles. The minimum absolute atomic E-state index is 0.0386. The van der Waals surface area contributed by atoms with Gasteiger partial charge in [-0.1, -0.05) is 19.3 Å². The highest BCUT2D eigenvalue weighted by molar-refractivity contribution is 6.08. The summed E-state index contributed by atoms with van der Waals surface area (Å²) in [4.78, 5) is 15.7. The van der Waals surface area contributed by atoms with E-state index >= 15 is 0 Å². The Morgan fingerprint density at radius 2 is 1.94 bits per heavy atom. The Morgan fingerprint density at radius 3 is 2.68 bits per heavy atom. The van der Waals surface area contributed by atoms with Crippen molar-refractivity contribution in [2.45, 2.75) is 57.9 Å². The van der Waals surface area contributed by atoms with Crippen molar-refractivity contribution < 1.29 is 14.3 Å². The second-order valence-corrected chi connectivity index (χ2v) is 8.92. The van der Waals surface area contributed by atoms with Crippen LogP contribution in [0.4, 0.5) is 0 Å². The van der Waals surface area contributed by atoms with Crippen molar-refractivity contribution in [2.24, 2.45) is 0 Å². The van der Waals surface area contributed by atoms with Crippen molar-refractivity contribution >= 4 is 16.8 Å². The molecule has 1 saturated carbocycles. The van der Waals surface area contributed by atoms with Crippen LogP contribution in [0.15, 0.2) is 18.2 Å². The van der Waals surface area contributed by atoms with E-state index in [9.17, 15) is 4.79 Å². The van der Waals surface area contributed by atoms with E-state index in [2.05, 4.69) is 27.8 Å². The number of fused-ring (bicyclic) bond motifs is 1. The van der Waals surface area contributed by atoms with E-state index in [0.717, 1.165) is 73.6 Å². The SMILES string of the molecule is COc1ccc2c(c1)c(C(=O)NCCCCN1CCOCC1)c(C)n2C1CCCCC1. The van der Waals surface area contributed by atoms with Gasteiger partial charge in [-0.05, 0) is 57.4 Å². The molecule has 4 rings (SSSR count). The van der Waals surface area contributed by atoms with Crippen LogP contribution in [-0.2, 0) is 4.74 Å². The molecule has 0 spiro atoms. The van der Waals surface area contributed by atoms with Gasteiger partial charge in [-0.3, -0.25) is 9.69 Å². The van der Waals surface area contributed by atoms with Crippen molar-refractivity contribution in [3.8, 4) is 5.75 Å². The summed E-state index contributed by atoms with van der Waals surface area (Å²) < 4.78 is 13.3. The van der Waals surface area contributed by atoms with Gasteiger partial charge < -0.3 is 19.4 Å². The Hall–Kier alpha value is -2.05. The van der Waals surface area contributed by atoms with Crippen LogP contribution in [0.25, 0.3) is 10.9 Å². The molecule has 6 heteroatoms. The number of methoxy groups -OCH3 is 1. The molecule has 0 radical (unpaired) electrons. The first-order valence-electron chi connectivity index (χ1n) is 12.0. The monoisotopic (exact) mass is 427 g/mol. The van der Waals surface area contributed by atoms with Gasteiger partial charge in [-0.15, -0.1) is 0 Å². The van der Waals surface area contributed by atoms with Gasteiger partial charge in [0.2, 0.25) is 0 Å². The smallest absolute Gasteiger partial charge is 0.253 e. The zero-order valence-electron chi connectivity index (χ0n) is 19.1. The lowest BCUT2D eigenvalue weighted by Crippen LogP contribution is -2.37. The van der Waals surface area contributed by atoms with Crippen LogP contribution in [0.1, 0.15) is 67.0 Å². The summed E-state index contributed by atoms with van der Waals surface area (Å²) >= 11 is 0. The Bertz CT molecular complexity index is 880.